The minimum Gasteiger partial charge on any atom is -0.480 e. The van der Waals surface area contributed by atoms with Crippen LogP contribution in [0.2, 0.25) is 0 Å². The summed E-state index contributed by atoms with van der Waals surface area (Å²) in [4.78, 5) is 24.5. The third kappa shape index (κ3) is 2.76. The highest BCUT2D eigenvalue weighted by Crippen LogP contribution is 2.29. The summed E-state index contributed by atoms with van der Waals surface area (Å²) in [6.07, 6.45) is 0. The van der Waals surface area contributed by atoms with E-state index < -0.39 is 17.2 Å². The number of benzene rings is 2. The molecule has 2 rings (SSSR count). The Morgan fingerprint density at radius 1 is 0.905 bits per heavy atom. The molecule has 106 valence electrons. The van der Waals surface area contributed by atoms with Crippen LogP contribution >= 0.6 is 12.2 Å². The maximum Gasteiger partial charge on any atom is 0.322 e. The molecular formula is C17H14O3S. The summed E-state index contributed by atoms with van der Waals surface area (Å²) < 4.78 is 0. The number of carboxylic acid groups (broad SMARTS) is 1. The highest BCUT2D eigenvalue weighted by atomic mass is 32.1. The van der Waals surface area contributed by atoms with E-state index in [1.54, 1.807) is 54.6 Å². The first-order valence-corrected chi connectivity index (χ1v) is 6.82. The second-order valence-corrected chi connectivity index (χ2v) is 5.23. The third-order valence-electron chi connectivity index (χ3n) is 3.41. The number of ketones is 1. The van der Waals surface area contributed by atoms with Gasteiger partial charge in [0.1, 0.15) is 0 Å². The van der Waals surface area contributed by atoms with Gasteiger partial charge in [-0.3, -0.25) is 9.59 Å². The number of carbonyl (C=O) groups is 2. The number of hydrogen-bond acceptors (Lipinski definition) is 3. The molecule has 0 aliphatic rings. The van der Waals surface area contributed by atoms with E-state index in [1.807, 2.05) is 6.07 Å². The zero-order valence-electron chi connectivity index (χ0n) is 11.4. The van der Waals surface area contributed by atoms with Gasteiger partial charge in [-0.2, -0.15) is 0 Å². The lowest BCUT2D eigenvalue weighted by Crippen LogP contribution is -2.43. The van der Waals surface area contributed by atoms with E-state index in [0.717, 1.165) is 0 Å². The summed E-state index contributed by atoms with van der Waals surface area (Å²) in [6.45, 7) is 1.36. The molecule has 0 bridgehead atoms. The highest BCUT2D eigenvalue weighted by Gasteiger charge is 2.46. The number of rotatable bonds is 5. The fourth-order valence-corrected chi connectivity index (χ4v) is 2.37. The number of thiocarbonyl (C=S) groups is 1. The fourth-order valence-electron chi connectivity index (χ4n) is 2.05. The van der Waals surface area contributed by atoms with Gasteiger partial charge in [0.15, 0.2) is 11.2 Å². The van der Waals surface area contributed by atoms with Crippen molar-refractivity contribution in [2.24, 2.45) is 5.41 Å². The van der Waals surface area contributed by atoms with E-state index in [1.165, 1.54) is 6.92 Å². The number of aliphatic carboxylic acids is 1. The van der Waals surface area contributed by atoms with Crippen LogP contribution in [0.1, 0.15) is 22.8 Å². The van der Waals surface area contributed by atoms with Gasteiger partial charge in [0.25, 0.3) is 0 Å². The minimum absolute atomic E-state index is 0.115. The molecule has 0 aliphatic carbocycles. The summed E-state index contributed by atoms with van der Waals surface area (Å²) in [5.74, 6) is -1.75. The van der Waals surface area contributed by atoms with Crippen LogP contribution in [0.25, 0.3) is 0 Å². The third-order valence-corrected chi connectivity index (χ3v) is 4.05. The SMILES string of the molecule is CC(C(=O)O)(C(=O)c1ccccc1)C(=S)c1ccccc1. The van der Waals surface area contributed by atoms with Crippen LogP contribution in [-0.4, -0.2) is 21.7 Å². The molecule has 0 saturated heterocycles. The van der Waals surface area contributed by atoms with Gasteiger partial charge in [0, 0.05) is 10.4 Å². The monoisotopic (exact) mass is 298 g/mol. The first kappa shape index (κ1) is 15.1. The number of hydrogen-bond donors (Lipinski definition) is 1. The summed E-state index contributed by atoms with van der Waals surface area (Å²) in [5, 5.41) is 9.59. The largest absolute Gasteiger partial charge is 0.480 e. The fraction of sp³-hybridized carbons (Fsp3) is 0.118. The Morgan fingerprint density at radius 2 is 1.33 bits per heavy atom. The van der Waals surface area contributed by atoms with Crippen LogP contribution in [0.15, 0.2) is 60.7 Å². The van der Waals surface area contributed by atoms with Crippen molar-refractivity contribution in [1.82, 2.24) is 0 Å². The van der Waals surface area contributed by atoms with Crippen molar-refractivity contribution in [1.29, 1.82) is 0 Å². The second-order valence-electron chi connectivity index (χ2n) is 4.82. The van der Waals surface area contributed by atoms with Crippen LogP contribution in [0, 0.1) is 5.41 Å². The van der Waals surface area contributed by atoms with Crippen molar-refractivity contribution in [3.05, 3.63) is 71.8 Å². The molecule has 2 aromatic carbocycles. The van der Waals surface area contributed by atoms with E-state index in [9.17, 15) is 14.7 Å². The lowest BCUT2D eigenvalue weighted by molar-refractivity contribution is -0.141. The van der Waals surface area contributed by atoms with Gasteiger partial charge < -0.3 is 5.11 Å². The van der Waals surface area contributed by atoms with Gasteiger partial charge in [-0.1, -0.05) is 72.9 Å². The summed E-state index contributed by atoms with van der Waals surface area (Å²) in [7, 11) is 0. The van der Waals surface area contributed by atoms with Crippen molar-refractivity contribution >= 4 is 28.8 Å². The summed E-state index contributed by atoms with van der Waals surface area (Å²) >= 11 is 5.31. The molecule has 1 N–H and O–H groups in total. The lowest BCUT2D eigenvalue weighted by Gasteiger charge is -2.24. The van der Waals surface area contributed by atoms with Gasteiger partial charge in [-0.05, 0) is 12.5 Å². The first-order valence-electron chi connectivity index (χ1n) is 6.41. The van der Waals surface area contributed by atoms with E-state index >= 15 is 0 Å². The molecule has 0 aliphatic heterocycles. The maximum absolute atomic E-state index is 12.7. The second kappa shape index (κ2) is 5.97. The maximum atomic E-state index is 12.7. The average Bonchev–Trinajstić information content (AvgIpc) is 2.54. The van der Waals surface area contributed by atoms with Crippen LogP contribution in [-0.2, 0) is 4.79 Å². The van der Waals surface area contributed by atoms with E-state index in [-0.39, 0.29) is 4.86 Å². The Balaban J connectivity index is 2.49. The Morgan fingerprint density at radius 3 is 1.76 bits per heavy atom. The predicted molar refractivity (Wildman–Crippen MR) is 84.7 cm³/mol. The molecule has 4 heteroatoms. The molecule has 1 atom stereocenters. The van der Waals surface area contributed by atoms with Gasteiger partial charge in [-0.15, -0.1) is 0 Å². The van der Waals surface area contributed by atoms with Crippen LogP contribution in [0.5, 0.6) is 0 Å². The van der Waals surface area contributed by atoms with Crippen molar-refractivity contribution in [3.63, 3.8) is 0 Å². The first-order chi connectivity index (χ1) is 9.98. The topological polar surface area (TPSA) is 54.4 Å². The molecule has 0 heterocycles. The summed E-state index contributed by atoms with van der Waals surface area (Å²) in [6, 6.07) is 17.1. The smallest absolute Gasteiger partial charge is 0.322 e. The van der Waals surface area contributed by atoms with E-state index in [0.29, 0.717) is 11.1 Å². The molecule has 0 spiro atoms. The average molecular weight is 298 g/mol. The van der Waals surface area contributed by atoms with E-state index in [4.69, 9.17) is 12.2 Å². The van der Waals surface area contributed by atoms with Gasteiger partial charge in [-0.25, -0.2) is 0 Å². The quantitative estimate of drug-likeness (QED) is 0.522. The lowest BCUT2D eigenvalue weighted by atomic mass is 9.77. The molecule has 0 aromatic heterocycles. The van der Waals surface area contributed by atoms with Gasteiger partial charge in [0.2, 0.25) is 0 Å². The number of carbonyl (C=O) groups excluding carboxylic acids is 1. The Labute approximate surface area is 128 Å². The zero-order valence-corrected chi connectivity index (χ0v) is 12.3. The molecule has 0 radical (unpaired) electrons. The molecule has 3 nitrogen and oxygen atoms in total. The Kier molecular flexibility index (Phi) is 4.29. The van der Waals surface area contributed by atoms with Gasteiger partial charge in [0.05, 0.1) is 0 Å². The molecular weight excluding hydrogens is 284 g/mol. The summed E-state index contributed by atoms with van der Waals surface area (Å²) in [5.41, 5.74) is -0.861. The minimum atomic E-state index is -1.77. The molecule has 21 heavy (non-hydrogen) atoms. The van der Waals surface area contributed by atoms with Crippen LogP contribution in [0.4, 0.5) is 0 Å². The normalized spacial score (nSPS) is 13.2. The van der Waals surface area contributed by atoms with Crippen LogP contribution in [0.3, 0.4) is 0 Å². The van der Waals surface area contributed by atoms with E-state index in [2.05, 4.69) is 0 Å². The highest BCUT2D eigenvalue weighted by molar-refractivity contribution is 7.81. The zero-order chi connectivity index (χ0) is 15.5. The van der Waals surface area contributed by atoms with Crippen molar-refractivity contribution in [2.45, 2.75) is 6.92 Å². The Bertz CT molecular complexity index is 626. The van der Waals surface area contributed by atoms with Crippen LogP contribution < -0.4 is 0 Å². The molecule has 0 saturated carbocycles. The molecule has 0 fully saturated rings. The predicted octanol–water partition coefficient (Wildman–Crippen LogP) is 3.38. The van der Waals surface area contributed by atoms with Crippen molar-refractivity contribution in [3.8, 4) is 0 Å². The molecule has 0 amide bonds. The standard InChI is InChI=1S/C17H14O3S/c1-17(16(19)20,14(18)12-8-4-2-5-9-12)15(21)13-10-6-3-7-11-13/h2-11H,1H3,(H,19,20). The number of Topliss-reactive ketones (excluding diaryl/α,β-unsaturated/α-hetero) is 1. The van der Waals surface area contributed by atoms with Crippen molar-refractivity contribution < 1.29 is 14.7 Å². The van der Waals surface area contributed by atoms with Gasteiger partial charge >= 0.3 is 5.97 Å². The van der Waals surface area contributed by atoms with Crippen molar-refractivity contribution in [2.75, 3.05) is 0 Å². The Hall–Kier alpha value is -2.33. The molecule has 1 unspecified atom stereocenters. The number of carboxylic acids is 1. The molecule has 2 aromatic rings.